The summed E-state index contributed by atoms with van der Waals surface area (Å²) < 4.78 is 5.53. The molecule has 1 rings (SSSR count). The smallest absolute Gasteiger partial charge is 0.318 e. The van der Waals surface area contributed by atoms with E-state index < -0.39 is 0 Å². The Morgan fingerprint density at radius 3 is 2.68 bits per heavy atom. The second-order valence-electron chi connectivity index (χ2n) is 4.48. The molecule has 0 unspecified atom stereocenters. The topological polar surface area (TPSA) is 83.3 Å². The molecule has 0 saturated carbocycles. The van der Waals surface area contributed by atoms with Crippen LogP contribution in [0.1, 0.15) is 33.6 Å². The molecule has 0 aliphatic rings. The molecule has 108 valence electrons. The lowest BCUT2D eigenvalue weighted by atomic mass is 10.4. The number of hydrogen-bond donors (Lipinski definition) is 2. The van der Waals surface area contributed by atoms with Gasteiger partial charge in [-0.1, -0.05) is 18.9 Å². The number of nitrogens with zero attached hydrogens (tertiary/aromatic N) is 3. The largest absolute Gasteiger partial charge is 0.407 e. The zero-order chi connectivity index (χ0) is 14.3. The molecule has 0 aliphatic carbocycles. The molecule has 0 radical (unpaired) electrons. The third kappa shape index (κ3) is 5.25. The van der Waals surface area contributed by atoms with Crippen LogP contribution in [0.5, 0.6) is 0 Å². The second-order valence-corrected chi connectivity index (χ2v) is 4.48. The Morgan fingerprint density at radius 1 is 1.37 bits per heavy atom. The highest BCUT2D eigenvalue weighted by Crippen LogP contribution is 2.11. The SMILES string of the molecule is CCNC(=O)CN(CC)c1nnc(CNC(C)C)o1. The van der Waals surface area contributed by atoms with Gasteiger partial charge in [0.15, 0.2) is 0 Å². The summed E-state index contributed by atoms with van der Waals surface area (Å²) >= 11 is 0. The molecule has 0 aromatic carbocycles. The minimum atomic E-state index is -0.0515. The normalized spacial score (nSPS) is 10.8. The molecular weight excluding hydrogens is 246 g/mol. The quantitative estimate of drug-likeness (QED) is 0.716. The van der Waals surface area contributed by atoms with Crippen molar-refractivity contribution in [3.8, 4) is 0 Å². The predicted octanol–water partition coefficient (Wildman–Crippen LogP) is 0.530. The van der Waals surface area contributed by atoms with Gasteiger partial charge in [0.1, 0.15) is 6.54 Å². The first-order valence-corrected chi connectivity index (χ1v) is 6.64. The summed E-state index contributed by atoms with van der Waals surface area (Å²) in [5.41, 5.74) is 0. The van der Waals surface area contributed by atoms with Gasteiger partial charge < -0.3 is 20.0 Å². The summed E-state index contributed by atoms with van der Waals surface area (Å²) in [4.78, 5) is 13.3. The van der Waals surface area contributed by atoms with Crippen molar-refractivity contribution in [3.05, 3.63) is 5.89 Å². The Balaban J connectivity index is 2.58. The summed E-state index contributed by atoms with van der Waals surface area (Å²) in [5.74, 6) is 0.474. The van der Waals surface area contributed by atoms with E-state index in [9.17, 15) is 4.79 Å². The van der Waals surface area contributed by atoms with E-state index in [-0.39, 0.29) is 12.5 Å². The zero-order valence-electron chi connectivity index (χ0n) is 12.1. The number of nitrogens with one attached hydrogen (secondary N) is 2. The number of aromatic nitrogens is 2. The van der Waals surface area contributed by atoms with E-state index in [2.05, 4.69) is 20.8 Å². The maximum Gasteiger partial charge on any atom is 0.318 e. The molecule has 1 heterocycles. The highest BCUT2D eigenvalue weighted by Gasteiger charge is 2.15. The molecule has 0 spiro atoms. The van der Waals surface area contributed by atoms with Crippen LogP contribution >= 0.6 is 0 Å². The van der Waals surface area contributed by atoms with E-state index in [4.69, 9.17) is 4.42 Å². The van der Waals surface area contributed by atoms with Gasteiger partial charge >= 0.3 is 6.01 Å². The van der Waals surface area contributed by atoms with E-state index in [0.29, 0.717) is 37.6 Å². The van der Waals surface area contributed by atoms with Crippen molar-refractivity contribution < 1.29 is 9.21 Å². The van der Waals surface area contributed by atoms with Crippen molar-refractivity contribution in [3.63, 3.8) is 0 Å². The molecule has 0 atom stereocenters. The number of rotatable bonds is 8. The molecule has 0 saturated heterocycles. The third-order valence-corrected chi connectivity index (χ3v) is 2.48. The van der Waals surface area contributed by atoms with Gasteiger partial charge in [0.05, 0.1) is 6.54 Å². The number of likely N-dealkylation sites (N-methyl/N-ethyl adjacent to an activating group) is 2. The summed E-state index contributed by atoms with van der Waals surface area (Å²) in [6, 6.07) is 0.738. The van der Waals surface area contributed by atoms with Crippen molar-refractivity contribution in [1.82, 2.24) is 20.8 Å². The average Bonchev–Trinajstić information content (AvgIpc) is 2.82. The van der Waals surface area contributed by atoms with Crippen LogP contribution in [0.3, 0.4) is 0 Å². The zero-order valence-corrected chi connectivity index (χ0v) is 12.1. The van der Waals surface area contributed by atoms with Crippen molar-refractivity contribution in [2.45, 2.75) is 40.3 Å². The van der Waals surface area contributed by atoms with Gasteiger partial charge in [-0.25, -0.2) is 0 Å². The van der Waals surface area contributed by atoms with Crippen LogP contribution in [0.25, 0.3) is 0 Å². The Hall–Kier alpha value is -1.63. The molecule has 0 bridgehead atoms. The molecule has 0 fully saturated rings. The van der Waals surface area contributed by atoms with E-state index in [0.717, 1.165) is 0 Å². The van der Waals surface area contributed by atoms with E-state index >= 15 is 0 Å². The molecule has 19 heavy (non-hydrogen) atoms. The molecule has 1 aromatic rings. The minimum absolute atomic E-state index is 0.0515. The molecule has 2 N–H and O–H groups in total. The molecule has 7 nitrogen and oxygen atoms in total. The molecule has 1 aromatic heterocycles. The van der Waals surface area contributed by atoms with Gasteiger partial charge in [-0.2, -0.15) is 0 Å². The lowest BCUT2D eigenvalue weighted by molar-refractivity contribution is -0.119. The molecule has 7 heteroatoms. The monoisotopic (exact) mass is 269 g/mol. The van der Waals surface area contributed by atoms with Crippen LogP contribution in [0.2, 0.25) is 0 Å². The number of carbonyl (C=O) groups excluding carboxylic acids is 1. The number of hydrogen-bond acceptors (Lipinski definition) is 6. The number of anilines is 1. The highest BCUT2D eigenvalue weighted by molar-refractivity contribution is 5.80. The first kappa shape index (κ1) is 15.4. The molecular formula is C12H23N5O2. The Bertz CT molecular complexity index is 391. The van der Waals surface area contributed by atoms with Crippen molar-refractivity contribution in [1.29, 1.82) is 0 Å². The van der Waals surface area contributed by atoms with E-state index in [1.54, 1.807) is 4.90 Å². The van der Waals surface area contributed by atoms with E-state index in [1.807, 2.05) is 27.7 Å². The summed E-state index contributed by atoms with van der Waals surface area (Å²) in [5, 5.41) is 13.9. The van der Waals surface area contributed by atoms with Crippen molar-refractivity contribution in [2.75, 3.05) is 24.5 Å². The summed E-state index contributed by atoms with van der Waals surface area (Å²) in [7, 11) is 0. The first-order valence-electron chi connectivity index (χ1n) is 6.64. The van der Waals surface area contributed by atoms with Gasteiger partial charge in [0.25, 0.3) is 0 Å². The lowest BCUT2D eigenvalue weighted by Crippen LogP contribution is -2.37. The predicted molar refractivity (Wildman–Crippen MR) is 72.8 cm³/mol. The van der Waals surface area contributed by atoms with E-state index in [1.165, 1.54) is 0 Å². The minimum Gasteiger partial charge on any atom is -0.407 e. The van der Waals surface area contributed by atoms with Gasteiger partial charge in [0, 0.05) is 19.1 Å². The molecule has 0 aliphatic heterocycles. The van der Waals surface area contributed by atoms with Crippen LogP contribution in [0.4, 0.5) is 6.01 Å². The van der Waals surface area contributed by atoms with Gasteiger partial charge in [-0.15, -0.1) is 5.10 Å². The Morgan fingerprint density at radius 2 is 2.11 bits per heavy atom. The Labute approximate surface area is 113 Å². The standard InChI is InChI=1S/C12H23N5O2/c1-5-13-10(18)8-17(6-2)12-16-15-11(19-12)7-14-9(3)4/h9,14H,5-8H2,1-4H3,(H,13,18). The Kier molecular flexibility index (Phi) is 6.27. The maximum atomic E-state index is 11.6. The number of amides is 1. The van der Waals surface area contributed by atoms with Crippen LogP contribution in [0.15, 0.2) is 4.42 Å². The van der Waals surface area contributed by atoms with Gasteiger partial charge in [-0.05, 0) is 13.8 Å². The fourth-order valence-electron chi connectivity index (χ4n) is 1.48. The first-order chi connectivity index (χ1) is 9.06. The van der Waals surface area contributed by atoms with Crippen molar-refractivity contribution >= 4 is 11.9 Å². The fraction of sp³-hybridized carbons (Fsp3) is 0.750. The van der Waals surface area contributed by atoms with Gasteiger partial charge in [0.2, 0.25) is 11.8 Å². The fourth-order valence-corrected chi connectivity index (χ4v) is 1.48. The average molecular weight is 269 g/mol. The van der Waals surface area contributed by atoms with Crippen LogP contribution in [-0.2, 0) is 11.3 Å². The number of carbonyl (C=O) groups is 1. The molecule has 1 amide bonds. The maximum absolute atomic E-state index is 11.6. The summed E-state index contributed by atoms with van der Waals surface area (Å²) in [6.07, 6.45) is 0. The second kappa shape index (κ2) is 7.73. The van der Waals surface area contributed by atoms with Crippen molar-refractivity contribution in [2.24, 2.45) is 0 Å². The highest BCUT2D eigenvalue weighted by atomic mass is 16.4. The van der Waals surface area contributed by atoms with Gasteiger partial charge in [-0.3, -0.25) is 4.79 Å². The van der Waals surface area contributed by atoms with Crippen LogP contribution < -0.4 is 15.5 Å². The third-order valence-electron chi connectivity index (χ3n) is 2.48. The van der Waals surface area contributed by atoms with Crippen LogP contribution in [0, 0.1) is 0 Å². The lowest BCUT2D eigenvalue weighted by Gasteiger charge is -2.16. The summed E-state index contributed by atoms with van der Waals surface area (Å²) in [6.45, 7) is 9.93. The van der Waals surface area contributed by atoms with Crippen LogP contribution in [-0.4, -0.2) is 41.8 Å².